The van der Waals surface area contributed by atoms with Crippen LogP contribution in [0.25, 0.3) is 0 Å². The minimum Gasteiger partial charge on any atom is -0.494 e. The molecule has 1 aromatic rings. The van der Waals surface area contributed by atoms with Crippen molar-refractivity contribution < 1.29 is 14.3 Å². The van der Waals surface area contributed by atoms with Gasteiger partial charge in [-0.25, -0.2) is 4.79 Å². The Labute approximate surface area is 108 Å². The molecule has 0 fully saturated rings. The number of benzene rings is 1. The Morgan fingerprint density at radius 3 is 2.61 bits per heavy atom. The summed E-state index contributed by atoms with van der Waals surface area (Å²) < 4.78 is 10.2. The number of carbonyl (C=O) groups excluding carboxylic acids is 1. The van der Waals surface area contributed by atoms with E-state index < -0.39 is 0 Å². The highest BCUT2D eigenvalue weighted by Crippen LogP contribution is 2.22. The SMILES string of the molecule is CCOc1ccc(NC(CC)C(=O)OC)c(C)c1. The van der Waals surface area contributed by atoms with Crippen LogP contribution in [0, 0.1) is 6.92 Å². The summed E-state index contributed by atoms with van der Waals surface area (Å²) in [6.45, 7) is 6.52. The van der Waals surface area contributed by atoms with Crippen molar-refractivity contribution >= 4 is 11.7 Å². The number of nitrogens with one attached hydrogen (secondary N) is 1. The molecule has 1 atom stereocenters. The fourth-order valence-electron chi connectivity index (χ4n) is 1.71. The van der Waals surface area contributed by atoms with E-state index in [-0.39, 0.29) is 12.0 Å². The normalized spacial score (nSPS) is 11.8. The van der Waals surface area contributed by atoms with Crippen molar-refractivity contribution in [1.82, 2.24) is 0 Å². The Kier molecular flexibility index (Phi) is 5.49. The van der Waals surface area contributed by atoms with Crippen LogP contribution in [0.2, 0.25) is 0 Å². The molecule has 1 N–H and O–H groups in total. The van der Waals surface area contributed by atoms with Crippen molar-refractivity contribution in [3.63, 3.8) is 0 Å². The molecule has 0 saturated carbocycles. The Morgan fingerprint density at radius 1 is 1.39 bits per heavy atom. The van der Waals surface area contributed by atoms with Gasteiger partial charge in [-0.1, -0.05) is 6.92 Å². The molecule has 1 rings (SSSR count). The first-order valence-electron chi connectivity index (χ1n) is 6.20. The van der Waals surface area contributed by atoms with Gasteiger partial charge in [-0.15, -0.1) is 0 Å². The van der Waals surface area contributed by atoms with Crippen LogP contribution in [0.15, 0.2) is 18.2 Å². The molecule has 1 unspecified atom stereocenters. The van der Waals surface area contributed by atoms with Gasteiger partial charge in [0.2, 0.25) is 0 Å². The van der Waals surface area contributed by atoms with Crippen molar-refractivity contribution in [3.05, 3.63) is 23.8 Å². The predicted molar refractivity (Wildman–Crippen MR) is 72.1 cm³/mol. The Balaban J connectivity index is 2.80. The van der Waals surface area contributed by atoms with Crippen LogP contribution in [-0.4, -0.2) is 25.7 Å². The van der Waals surface area contributed by atoms with Gasteiger partial charge in [0.1, 0.15) is 11.8 Å². The first-order chi connectivity index (χ1) is 8.62. The van der Waals surface area contributed by atoms with E-state index in [0.29, 0.717) is 13.0 Å². The summed E-state index contributed by atoms with van der Waals surface area (Å²) in [7, 11) is 1.40. The highest BCUT2D eigenvalue weighted by Gasteiger charge is 2.17. The van der Waals surface area contributed by atoms with Crippen LogP contribution in [0.3, 0.4) is 0 Å². The van der Waals surface area contributed by atoms with Crippen molar-refractivity contribution in [3.8, 4) is 5.75 Å². The van der Waals surface area contributed by atoms with E-state index in [1.54, 1.807) is 0 Å². The van der Waals surface area contributed by atoms with Crippen LogP contribution in [0.5, 0.6) is 5.75 Å². The molecule has 0 bridgehead atoms. The molecule has 0 aromatic heterocycles. The average Bonchev–Trinajstić information content (AvgIpc) is 2.37. The van der Waals surface area contributed by atoms with Gasteiger partial charge in [-0.3, -0.25) is 0 Å². The molecule has 0 saturated heterocycles. The number of ether oxygens (including phenoxy) is 2. The lowest BCUT2D eigenvalue weighted by Gasteiger charge is -2.18. The monoisotopic (exact) mass is 251 g/mol. The zero-order valence-electron chi connectivity index (χ0n) is 11.4. The standard InChI is InChI=1S/C14H21NO3/c1-5-12(14(16)17-4)15-13-8-7-11(18-6-2)9-10(13)3/h7-9,12,15H,5-6H2,1-4H3. The molecule has 0 aliphatic carbocycles. The number of rotatable bonds is 6. The topological polar surface area (TPSA) is 47.6 Å². The lowest BCUT2D eigenvalue weighted by Crippen LogP contribution is -2.30. The summed E-state index contributed by atoms with van der Waals surface area (Å²) in [6.07, 6.45) is 0.680. The zero-order chi connectivity index (χ0) is 13.5. The predicted octanol–water partition coefficient (Wildman–Crippen LogP) is 2.76. The van der Waals surface area contributed by atoms with Crippen LogP contribution >= 0.6 is 0 Å². The number of anilines is 1. The lowest BCUT2D eigenvalue weighted by molar-refractivity contribution is -0.141. The second kappa shape index (κ2) is 6.89. The maximum Gasteiger partial charge on any atom is 0.328 e. The largest absolute Gasteiger partial charge is 0.494 e. The number of hydrogen-bond donors (Lipinski definition) is 1. The minimum absolute atomic E-state index is 0.245. The number of aryl methyl sites for hydroxylation is 1. The first kappa shape index (κ1) is 14.4. The fraction of sp³-hybridized carbons (Fsp3) is 0.500. The Bertz CT molecular complexity index is 404. The van der Waals surface area contributed by atoms with Gasteiger partial charge in [-0.05, 0) is 44.0 Å². The summed E-state index contributed by atoms with van der Waals surface area (Å²) >= 11 is 0. The molecule has 0 spiro atoms. The van der Waals surface area contributed by atoms with Crippen LogP contribution < -0.4 is 10.1 Å². The molecular weight excluding hydrogens is 230 g/mol. The molecule has 0 heterocycles. The van der Waals surface area contributed by atoms with Crippen molar-refractivity contribution in [2.24, 2.45) is 0 Å². The van der Waals surface area contributed by atoms with Crippen LogP contribution in [0.4, 0.5) is 5.69 Å². The second-order valence-electron chi connectivity index (χ2n) is 4.04. The van der Waals surface area contributed by atoms with E-state index in [9.17, 15) is 4.79 Å². The van der Waals surface area contributed by atoms with E-state index in [1.165, 1.54) is 7.11 Å². The highest BCUT2D eigenvalue weighted by atomic mass is 16.5. The van der Waals surface area contributed by atoms with Crippen molar-refractivity contribution in [1.29, 1.82) is 0 Å². The third kappa shape index (κ3) is 3.65. The van der Waals surface area contributed by atoms with Crippen LogP contribution in [0.1, 0.15) is 25.8 Å². The summed E-state index contributed by atoms with van der Waals surface area (Å²) in [5, 5.41) is 3.19. The molecule has 1 aromatic carbocycles. The number of esters is 1. The summed E-state index contributed by atoms with van der Waals surface area (Å²) in [4.78, 5) is 11.5. The third-order valence-electron chi connectivity index (χ3n) is 2.73. The molecule has 100 valence electrons. The number of hydrogen-bond acceptors (Lipinski definition) is 4. The quantitative estimate of drug-likeness (QED) is 0.790. The van der Waals surface area contributed by atoms with Crippen molar-refractivity contribution in [2.75, 3.05) is 19.0 Å². The first-order valence-corrected chi connectivity index (χ1v) is 6.20. The van der Waals surface area contributed by atoms with Crippen molar-refractivity contribution in [2.45, 2.75) is 33.2 Å². The average molecular weight is 251 g/mol. The molecule has 18 heavy (non-hydrogen) atoms. The van der Waals surface area contributed by atoms with Gasteiger partial charge in [0.15, 0.2) is 0 Å². The van der Waals surface area contributed by atoms with E-state index in [1.807, 2.05) is 39.0 Å². The molecular formula is C14H21NO3. The summed E-state index contributed by atoms with van der Waals surface area (Å²) in [5.74, 6) is 0.595. The second-order valence-corrected chi connectivity index (χ2v) is 4.04. The van der Waals surface area contributed by atoms with E-state index in [4.69, 9.17) is 9.47 Å². The van der Waals surface area contributed by atoms with E-state index in [0.717, 1.165) is 17.0 Å². The molecule has 0 amide bonds. The maximum absolute atomic E-state index is 11.5. The Morgan fingerprint density at radius 2 is 2.11 bits per heavy atom. The third-order valence-corrected chi connectivity index (χ3v) is 2.73. The van der Waals surface area contributed by atoms with Gasteiger partial charge < -0.3 is 14.8 Å². The van der Waals surface area contributed by atoms with Crippen LogP contribution in [-0.2, 0) is 9.53 Å². The molecule has 0 radical (unpaired) electrons. The highest BCUT2D eigenvalue weighted by molar-refractivity contribution is 5.79. The molecule has 0 aliphatic heterocycles. The smallest absolute Gasteiger partial charge is 0.328 e. The fourth-order valence-corrected chi connectivity index (χ4v) is 1.71. The van der Waals surface area contributed by atoms with Gasteiger partial charge in [0.05, 0.1) is 13.7 Å². The maximum atomic E-state index is 11.5. The minimum atomic E-state index is -0.313. The van der Waals surface area contributed by atoms with Gasteiger partial charge in [-0.2, -0.15) is 0 Å². The molecule has 4 nitrogen and oxygen atoms in total. The lowest BCUT2D eigenvalue weighted by atomic mass is 10.1. The zero-order valence-corrected chi connectivity index (χ0v) is 11.4. The van der Waals surface area contributed by atoms with E-state index >= 15 is 0 Å². The van der Waals surface area contributed by atoms with Gasteiger partial charge in [0, 0.05) is 5.69 Å². The summed E-state index contributed by atoms with van der Waals surface area (Å²) in [5.41, 5.74) is 1.97. The number of methoxy groups -OCH3 is 1. The molecule has 4 heteroatoms. The van der Waals surface area contributed by atoms with Gasteiger partial charge >= 0.3 is 5.97 Å². The number of carbonyl (C=O) groups is 1. The summed E-state index contributed by atoms with van der Waals surface area (Å²) in [6, 6.07) is 5.46. The molecule has 0 aliphatic rings. The van der Waals surface area contributed by atoms with E-state index in [2.05, 4.69) is 5.32 Å². The Hall–Kier alpha value is -1.71. The van der Waals surface area contributed by atoms with Gasteiger partial charge in [0.25, 0.3) is 0 Å².